The highest BCUT2D eigenvalue weighted by atomic mass is 16.3. The van der Waals surface area contributed by atoms with Gasteiger partial charge in [-0.25, -0.2) is 0 Å². The third-order valence-corrected chi connectivity index (χ3v) is 6.89. The first-order chi connectivity index (χ1) is 17.8. The average Bonchev–Trinajstić information content (AvgIpc) is 3.48. The normalized spacial score (nSPS) is 11.3. The zero-order chi connectivity index (χ0) is 24.2. The van der Waals surface area contributed by atoms with Crippen molar-refractivity contribution in [3.8, 4) is 29.0 Å². The van der Waals surface area contributed by atoms with Gasteiger partial charge >= 0.3 is 0 Å². The van der Waals surface area contributed by atoms with Crippen molar-refractivity contribution < 1.29 is 4.42 Å². The van der Waals surface area contributed by atoms with Crippen LogP contribution in [0.15, 0.2) is 108 Å². The molecule has 0 spiro atoms. The molecule has 36 heavy (non-hydrogen) atoms. The molecule has 0 fully saturated rings. The Bertz CT molecular complexity index is 2050. The maximum Gasteiger partial charge on any atom is 0.137 e. The van der Waals surface area contributed by atoms with E-state index in [1.165, 1.54) is 0 Å². The highest BCUT2D eigenvalue weighted by Gasteiger charge is 2.20. The molecule has 2 heterocycles. The molecule has 0 radical (unpaired) electrons. The van der Waals surface area contributed by atoms with Crippen molar-refractivity contribution in [2.75, 3.05) is 0 Å². The van der Waals surface area contributed by atoms with Gasteiger partial charge in [-0.2, -0.15) is 10.5 Å². The lowest BCUT2D eigenvalue weighted by Gasteiger charge is -2.13. The number of furan rings is 1. The van der Waals surface area contributed by atoms with Crippen LogP contribution in [0.3, 0.4) is 0 Å². The molecule has 0 bridgehead atoms. The molecule has 0 amide bonds. The third-order valence-electron chi connectivity index (χ3n) is 6.89. The fourth-order valence-corrected chi connectivity index (χ4v) is 5.37. The lowest BCUT2D eigenvalue weighted by atomic mass is 9.93. The van der Waals surface area contributed by atoms with E-state index in [1.54, 1.807) is 18.2 Å². The second kappa shape index (κ2) is 7.60. The fraction of sp³-hybridized carbons (Fsp3) is 0. The van der Waals surface area contributed by atoms with Gasteiger partial charge < -0.3 is 8.98 Å². The molecule has 7 aromatic rings. The van der Waals surface area contributed by atoms with Crippen molar-refractivity contribution >= 4 is 43.7 Å². The van der Waals surface area contributed by atoms with Crippen LogP contribution in [0.5, 0.6) is 0 Å². The van der Waals surface area contributed by atoms with Gasteiger partial charge in [0.2, 0.25) is 0 Å². The van der Waals surface area contributed by atoms with Crippen LogP contribution in [-0.4, -0.2) is 4.57 Å². The van der Waals surface area contributed by atoms with Gasteiger partial charge in [0.1, 0.15) is 11.2 Å². The number of benzene rings is 5. The summed E-state index contributed by atoms with van der Waals surface area (Å²) in [6, 6.07) is 38.5. The van der Waals surface area contributed by atoms with Crippen LogP contribution in [0.2, 0.25) is 0 Å². The lowest BCUT2D eigenvalue weighted by molar-refractivity contribution is 0.668. The van der Waals surface area contributed by atoms with Gasteiger partial charge in [-0.05, 0) is 36.4 Å². The number of nitrogens with zero attached hydrogens (tertiary/aromatic N) is 3. The van der Waals surface area contributed by atoms with Crippen LogP contribution >= 0.6 is 0 Å². The Kier molecular flexibility index (Phi) is 4.24. The summed E-state index contributed by atoms with van der Waals surface area (Å²) in [5, 5.41) is 24.1. The van der Waals surface area contributed by atoms with Crippen molar-refractivity contribution in [3.63, 3.8) is 0 Å². The highest BCUT2D eigenvalue weighted by molar-refractivity contribution is 6.14. The Balaban J connectivity index is 1.63. The minimum atomic E-state index is 0.478. The smallest absolute Gasteiger partial charge is 0.137 e. The van der Waals surface area contributed by atoms with Crippen molar-refractivity contribution in [2.45, 2.75) is 0 Å². The standard InChI is InChI=1S/C32H17N3O/c33-18-20-7-5-8-21(19-34)31(20)27-12-6-11-26-23-9-1-3-13-28(23)35(32(26)27)22-15-16-25-24-10-2-4-14-29(24)36-30(25)17-22/h1-17H. The molecular formula is C32H17N3O. The Labute approximate surface area is 206 Å². The van der Waals surface area contributed by atoms with E-state index in [9.17, 15) is 10.5 Å². The molecule has 0 saturated carbocycles. The Morgan fingerprint density at radius 2 is 1.25 bits per heavy atom. The number of hydrogen-bond acceptors (Lipinski definition) is 3. The quantitative estimate of drug-likeness (QED) is 0.262. The maximum atomic E-state index is 9.91. The first-order valence-corrected chi connectivity index (χ1v) is 11.7. The second-order valence-electron chi connectivity index (χ2n) is 8.78. The van der Waals surface area contributed by atoms with E-state index in [1.807, 2.05) is 42.5 Å². The van der Waals surface area contributed by atoms with Gasteiger partial charge in [-0.15, -0.1) is 0 Å². The van der Waals surface area contributed by atoms with E-state index in [4.69, 9.17) is 4.42 Å². The molecule has 166 valence electrons. The predicted molar refractivity (Wildman–Crippen MR) is 143 cm³/mol. The third kappa shape index (κ3) is 2.73. The van der Waals surface area contributed by atoms with E-state index < -0.39 is 0 Å². The summed E-state index contributed by atoms with van der Waals surface area (Å²) in [5.41, 5.74) is 7.08. The number of nitriles is 2. The molecule has 0 aliphatic heterocycles. The Morgan fingerprint density at radius 1 is 0.583 bits per heavy atom. The molecule has 0 saturated heterocycles. The minimum Gasteiger partial charge on any atom is -0.456 e. The van der Waals surface area contributed by atoms with E-state index >= 15 is 0 Å². The van der Waals surface area contributed by atoms with Crippen LogP contribution in [0.4, 0.5) is 0 Å². The molecule has 0 aliphatic carbocycles. The SMILES string of the molecule is N#Cc1cccc(C#N)c1-c1cccc2c3ccccc3n(-c3ccc4c(c3)oc3ccccc34)c12. The molecule has 0 aliphatic rings. The van der Waals surface area contributed by atoms with E-state index in [2.05, 4.69) is 59.2 Å². The summed E-state index contributed by atoms with van der Waals surface area (Å²) in [6.07, 6.45) is 0. The Hall–Kier alpha value is -5.32. The molecule has 4 heteroatoms. The molecule has 0 unspecified atom stereocenters. The van der Waals surface area contributed by atoms with Gasteiger partial charge in [0.05, 0.1) is 34.3 Å². The lowest BCUT2D eigenvalue weighted by Crippen LogP contribution is -1.97. The average molecular weight is 460 g/mol. The molecule has 2 aromatic heterocycles. The second-order valence-corrected chi connectivity index (χ2v) is 8.78. The number of rotatable bonds is 2. The van der Waals surface area contributed by atoms with Crippen LogP contribution in [0.25, 0.3) is 60.6 Å². The van der Waals surface area contributed by atoms with Crippen molar-refractivity contribution in [1.82, 2.24) is 4.57 Å². The summed E-state index contributed by atoms with van der Waals surface area (Å²) in [6.45, 7) is 0. The molecule has 4 nitrogen and oxygen atoms in total. The monoisotopic (exact) mass is 459 g/mol. The number of fused-ring (bicyclic) bond motifs is 6. The zero-order valence-electron chi connectivity index (χ0n) is 19.1. The number of para-hydroxylation sites is 3. The van der Waals surface area contributed by atoms with E-state index in [0.717, 1.165) is 55.0 Å². The van der Waals surface area contributed by atoms with Gasteiger partial charge in [-0.1, -0.05) is 60.7 Å². The molecule has 0 N–H and O–H groups in total. The first-order valence-electron chi connectivity index (χ1n) is 11.7. The maximum absolute atomic E-state index is 9.91. The number of aromatic nitrogens is 1. The van der Waals surface area contributed by atoms with Gasteiger partial charge in [0.15, 0.2) is 0 Å². The van der Waals surface area contributed by atoms with Gasteiger partial charge in [0.25, 0.3) is 0 Å². The summed E-state index contributed by atoms with van der Waals surface area (Å²) < 4.78 is 8.41. The largest absolute Gasteiger partial charge is 0.456 e. The van der Waals surface area contributed by atoms with Crippen molar-refractivity contribution in [1.29, 1.82) is 10.5 Å². The predicted octanol–water partition coefficient (Wildman–Crippen LogP) is 8.09. The summed E-state index contributed by atoms with van der Waals surface area (Å²) in [7, 11) is 0. The summed E-state index contributed by atoms with van der Waals surface area (Å²) >= 11 is 0. The topological polar surface area (TPSA) is 65.7 Å². The molecular weight excluding hydrogens is 442 g/mol. The fourth-order valence-electron chi connectivity index (χ4n) is 5.37. The Morgan fingerprint density at radius 3 is 2.06 bits per heavy atom. The minimum absolute atomic E-state index is 0.478. The summed E-state index contributed by atoms with van der Waals surface area (Å²) in [4.78, 5) is 0. The molecule has 7 rings (SSSR count). The number of hydrogen-bond donors (Lipinski definition) is 0. The van der Waals surface area contributed by atoms with Crippen LogP contribution < -0.4 is 0 Å². The molecule has 0 atom stereocenters. The summed E-state index contributed by atoms with van der Waals surface area (Å²) in [5.74, 6) is 0. The van der Waals surface area contributed by atoms with Crippen LogP contribution in [-0.2, 0) is 0 Å². The highest BCUT2D eigenvalue weighted by Crippen LogP contribution is 2.41. The van der Waals surface area contributed by atoms with Crippen molar-refractivity contribution in [3.05, 3.63) is 114 Å². The van der Waals surface area contributed by atoms with Crippen LogP contribution in [0, 0.1) is 22.7 Å². The van der Waals surface area contributed by atoms with Crippen molar-refractivity contribution in [2.24, 2.45) is 0 Å². The van der Waals surface area contributed by atoms with Crippen LogP contribution in [0.1, 0.15) is 11.1 Å². The van der Waals surface area contributed by atoms with E-state index in [-0.39, 0.29) is 0 Å². The first kappa shape index (κ1) is 20.1. The van der Waals surface area contributed by atoms with Gasteiger partial charge in [-0.3, -0.25) is 0 Å². The molecule has 5 aromatic carbocycles. The zero-order valence-corrected chi connectivity index (χ0v) is 19.1. The van der Waals surface area contributed by atoms with E-state index in [0.29, 0.717) is 16.7 Å². The van der Waals surface area contributed by atoms with Gasteiger partial charge in [0, 0.05) is 44.4 Å².